The maximum absolute atomic E-state index is 12.5. The number of amides is 2. The summed E-state index contributed by atoms with van der Waals surface area (Å²) in [7, 11) is 1.60. The number of nitrogens with zero attached hydrogens (tertiary/aromatic N) is 4. The van der Waals surface area contributed by atoms with Gasteiger partial charge in [-0.2, -0.15) is 0 Å². The number of rotatable bonds is 5. The van der Waals surface area contributed by atoms with E-state index in [1.54, 1.807) is 18.1 Å². The fourth-order valence-electron chi connectivity index (χ4n) is 3.27. The molecule has 0 unspecified atom stereocenters. The first-order valence-electron chi connectivity index (χ1n) is 9.82. The van der Waals surface area contributed by atoms with Gasteiger partial charge in [0.25, 0.3) is 0 Å². The van der Waals surface area contributed by atoms with E-state index in [0.717, 1.165) is 11.5 Å². The van der Waals surface area contributed by atoms with E-state index in [2.05, 4.69) is 25.7 Å². The number of hydrogen-bond donors (Lipinski definition) is 2. The van der Waals surface area contributed by atoms with E-state index in [-0.39, 0.29) is 6.03 Å². The quantitative estimate of drug-likeness (QED) is 0.676. The van der Waals surface area contributed by atoms with Crippen molar-refractivity contribution in [2.24, 2.45) is 0 Å². The van der Waals surface area contributed by atoms with Crippen LogP contribution in [0.4, 0.5) is 27.8 Å². The van der Waals surface area contributed by atoms with Gasteiger partial charge in [0, 0.05) is 43.6 Å². The lowest BCUT2D eigenvalue weighted by atomic mass is 10.3. The number of ether oxygens (including phenoxy) is 1. The topological polar surface area (TPSA) is 82.6 Å². The molecule has 1 aliphatic rings. The van der Waals surface area contributed by atoms with Crippen LogP contribution in [0.2, 0.25) is 0 Å². The lowest BCUT2D eigenvalue weighted by molar-refractivity contribution is 0.208. The van der Waals surface area contributed by atoms with Gasteiger partial charge in [0.05, 0.1) is 7.11 Å². The molecule has 8 heteroatoms. The van der Waals surface area contributed by atoms with Crippen LogP contribution in [0.3, 0.4) is 0 Å². The van der Waals surface area contributed by atoms with Gasteiger partial charge in [0.1, 0.15) is 5.75 Å². The van der Waals surface area contributed by atoms with Crippen molar-refractivity contribution in [3.8, 4) is 5.75 Å². The van der Waals surface area contributed by atoms with Crippen LogP contribution in [-0.4, -0.2) is 54.4 Å². The van der Waals surface area contributed by atoms with E-state index in [9.17, 15) is 4.79 Å². The standard InChI is InChI=1S/C22H24N6O2/c1-30-19-9-5-8-18(16-19)24-22(29)28-14-12-27(13-15-28)21-11-10-20(25-26-21)23-17-6-3-2-4-7-17/h2-11,16H,12-15H2,1H3,(H,23,25)(H,24,29). The van der Waals surface area contributed by atoms with Crippen molar-refractivity contribution in [3.05, 3.63) is 66.7 Å². The predicted molar refractivity (Wildman–Crippen MR) is 118 cm³/mol. The third kappa shape index (κ3) is 4.78. The first-order chi connectivity index (χ1) is 14.7. The maximum atomic E-state index is 12.5. The monoisotopic (exact) mass is 404 g/mol. The normalized spacial score (nSPS) is 13.6. The molecule has 1 saturated heterocycles. The highest BCUT2D eigenvalue weighted by Crippen LogP contribution is 2.19. The second-order valence-electron chi connectivity index (χ2n) is 6.90. The Bertz CT molecular complexity index is 972. The van der Waals surface area contributed by atoms with Gasteiger partial charge in [0.2, 0.25) is 0 Å². The first-order valence-corrected chi connectivity index (χ1v) is 9.82. The van der Waals surface area contributed by atoms with E-state index in [1.807, 2.05) is 60.7 Å². The Morgan fingerprint density at radius 2 is 1.67 bits per heavy atom. The highest BCUT2D eigenvalue weighted by atomic mass is 16.5. The largest absolute Gasteiger partial charge is 0.497 e. The van der Waals surface area contributed by atoms with Gasteiger partial charge in [-0.15, -0.1) is 10.2 Å². The molecule has 1 aliphatic heterocycles. The van der Waals surface area contributed by atoms with Gasteiger partial charge >= 0.3 is 6.03 Å². The molecule has 0 aliphatic carbocycles. The summed E-state index contributed by atoms with van der Waals surface area (Å²) < 4.78 is 5.20. The average molecular weight is 404 g/mol. The third-order valence-electron chi connectivity index (χ3n) is 4.91. The molecule has 2 heterocycles. The zero-order chi connectivity index (χ0) is 20.8. The number of aromatic nitrogens is 2. The Kier molecular flexibility index (Phi) is 5.93. The number of hydrogen-bond acceptors (Lipinski definition) is 6. The molecule has 0 atom stereocenters. The smallest absolute Gasteiger partial charge is 0.321 e. The first kappa shape index (κ1) is 19.5. The minimum absolute atomic E-state index is 0.114. The van der Waals surface area contributed by atoms with Gasteiger partial charge in [-0.1, -0.05) is 24.3 Å². The van der Waals surface area contributed by atoms with Gasteiger partial charge in [-0.25, -0.2) is 4.79 Å². The summed E-state index contributed by atoms with van der Waals surface area (Å²) in [5, 5.41) is 14.8. The number of para-hydroxylation sites is 1. The second kappa shape index (κ2) is 9.13. The number of nitrogens with one attached hydrogen (secondary N) is 2. The Morgan fingerprint density at radius 3 is 2.37 bits per heavy atom. The zero-order valence-electron chi connectivity index (χ0n) is 16.8. The Morgan fingerprint density at radius 1 is 0.900 bits per heavy atom. The van der Waals surface area contributed by atoms with Crippen molar-refractivity contribution in [2.45, 2.75) is 0 Å². The van der Waals surface area contributed by atoms with Crippen LogP contribution in [0.1, 0.15) is 0 Å². The van der Waals surface area contributed by atoms with Crippen LogP contribution >= 0.6 is 0 Å². The summed E-state index contributed by atoms with van der Waals surface area (Å²) in [6, 6.07) is 20.9. The molecular weight excluding hydrogens is 380 g/mol. The molecule has 1 fully saturated rings. The minimum atomic E-state index is -0.114. The number of carbonyl (C=O) groups excluding carboxylic acids is 1. The average Bonchev–Trinajstić information content (AvgIpc) is 2.80. The molecule has 154 valence electrons. The zero-order valence-corrected chi connectivity index (χ0v) is 16.8. The van der Waals surface area contributed by atoms with Crippen LogP contribution in [0.25, 0.3) is 0 Å². The number of urea groups is 1. The molecule has 0 radical (unpaired) electrons. The highest BCUT2D eigenvalue weighted by Gasteiger charge is 2.22. The molecule has 2 aromatic carbocycles. The van der Waals surface area contributed by atoms with Crippen LogP contribution in [0.5, 0.6) is 5.75 Å². The molecule has 0 bridgehead atoms. The third-order valence-corrected chi connectivity index (χ3v) is 4.91. The van der Waals surface area contributed by atoms with Crippen LogP contribution in [0.15, 0.2) is 66.7 Å². The minimum Gasteiger partial charge on any atom is -0.497 e. The van der Waals surface area contributed by atoms with Crippen molar-refractivity contribution in [1.29, 1.82) is 0 Å². The fraction of sp³-hybridized carbons (Fsp3) is 0.227. The van der Waals surface area contributed by atoms with Crippen LogP contribution < -0.4 is 20.3 Å². The number of carbonyl (C=O) groups is 1. The number of benzene rings is 2. The van der Waals surface area contributed by atoms with E-state index < -0.39 is 0 Å². The van der Waals surface area contributed by atoms with Gasteiger partial charge in [0.15, 0.2) is 11.6 Å². The fourth-order valence-corrected chi connectivity index (χ4v) is 3.27. The Hall–Kier alpha value is -3.81. The summed E-state index contributed by atoms with van der Waals surface area (Å²) in [6.45, 7) is 2.63. The lowest BCUT2D eigenvalue weighted by Gasteiger charge is -2.35. The summed E-state index contributed by atoms with van der Waals surface area (Å²) >= 11 is 0. The Labute approximate surface area is 175 Å². The van der Waals surface area contributed by atoms with Crippen molar-refractivity contribution in [3.63, 3.8) is 0 Å². The van der Waals surface area contributed by atoms with Crippen molar-refractivity contribution < 1.29 is 9.53 Å². The molecule has 4 rings (SSSR count). The van der Waals surface area contributed by atoms with Gasteiger partial charge < -0.3 is 25.2 Å². The van der Waals surface area contributed by atoms with Crippen LogP contribution in [-0.2, 0) is 0 Å². The summed E-state index contributed by atoms with van der Waals surface area (Å²) in [4.78, 5) is 16.5. The molecule has 2 N–H and O–H groups in total. The van der Waals surface area contributed by atoms with Crippen LogP contribution in [0, 0.1) is 0 Å². The van der Waals surface area contributed by atoms with Gasteiger partial charge in [-0.3, -0.25) is 0 Å². The van der Waals surface area contributed by atoms with Gasteiger partial charge in [-0.05, 0) is 36.4 Å². The number of methoxy groups -OCH3 is 1. The summed E-state index contributed by atoms with van der Waals surface area (Å²) in [6.07, 6.45) is 0. The molecule has 0 spiro atoms. The SMILES string of the molecule is COc1cccc(NC(=O)N2CCN(c3ccc(Nc4ccccc4)nn3)CC2)c1. The van der Waals surface area contributed by atoms with E-state index >= 15 is 0 Å². The second-order valence-corrected chi connectivity index (χ2v) is 6.90. The predicted octanol–water partition coefficient (Wildman–Crippen LogP) is 3.58. The molecule has 2 amide bonds. The summed E-state index contributed by atoms with van der Waals surface area (Å²) in [5.74, 6) is 2.21. The highest BCUT2D eigenvalue weighted by molar-refractivity contribution is 5.89. The molecule has 0 saturated carbocycles. The maximum Gasteiger partial charge on any atom is 0.321 e. The van der Waals surface area contributed by atoms with Crippen molar-refractivity contribution >= 4 is 29.0 Å². The van der Waals surface area contributed by atoms with E-state index in [4.69, 9.17) is 4.74 Å². The number of anilines is 4. The summed E-state index contributed by atoms with van der Waals surface area (Å²) in [5.41, 5.74) is 1.68. The number of piperazine rings is 1. The molecule has 3 aromatic rings. The van der Waals surface area contributed by atoms with Crippen molar-refractivity contribution in [1.82, 2.24) is 15.1 Å². The lowest BCUT2D eigenvalue weighted by Crippen LogP contribution is -2.50. The molecule has 8 nitrogen and oxygen atoms in total. The van der Waals surface area contributed by atoms with E-state index in [1.165, 1.54) is 0 Å². The Balaban J connectivity index is 1.30. The molecule has 1 aromatic heterocycles. The molecular formula is C22H24N6O2. The van der Waals surface area contributed by atoms with Crippen molar-refractivity contribution in [2.75, 3.05) is 48.8 Å². The molecule has 30 heavy (non-hydrogen) atoms. The van der Waals surface area contributed by atoms with E-state index in [0.29, 0.717) is 43.4 Å².